The molecule has 180 valence electrons. The molecule has 0 unspecified atom stereocenters. The predicted molar refractivity (Wildman–Crippen MR) is 129 cm³/mol. The molecule has 0 fully saturated rings. The summed E-state index contributed by atoms with van der Waals surface area (Å²) in [6.45, 7) is 6.05. The van der Waals surface area contributed by atoms with Crippen molar-refractivity contribution in [1.29, 1.82) is 0 Å². The van der Waals surface area contributed by atoms with Gasteiger partial charge >= 0.3 is 6.18 Å². The van der Waals surface area contributed by atoms with Crippen molar-refractivity contribution >= 4 is 17.3 Å². The highest BCUT2D eigenvalue weighted by Gasteiger charge is 2.31. The van der Waals surface area contributed by atoms with Crippen LogP contribution in [0.15, 0.2) is 67.3 Å². The first-order valence-electron chi connectivity index (χ1n) is 10.9. The number of aromatic nitrogens is 3. The summed E-state index contributed by atoms with van der Waals surface area (Å²) in [5, 5.41) is 5.92. The van der Waals surface area contributed by atoms with Crippen molar-refractivity contribution in [1.82, 2.24) is 14.5 Å². The number of amides is 1. The minimum Gasteiger partial charge on any atom is -0.381 e. The molecule has 2 aromatic heterocycles. The van der Waals surface area contributed by atoms with Crippen molar-refractivity contribution in [3.63, 3.8) is 0 Å². The van der Waals surface area contributed by atoms with Crippen molar-refractivity contribution in [2.75, 3.05) is 10.6 Å². The van der Waals surface area contributed by atoms with E-state index in [9.17, 15) is 18.0 Å². The molecule has 0 saturated carbocycles. The van der Waals surface area contributed by atoms with Crippen molar-refractivity contribution in [2.45, 2.75) is 33.5 Å². The second kappa shape index (κ2) is 9.61. The molecule has 0 radical (unpaired) electrons. The Balaban J connectivity index is 1.58. The maximum atomic E-state index is 13.5. The topological polar surface area (TPSA) is 71.8 Å². The molecule has 0 aliphatic carbocycles. The van der Waals surface area contributed by atoms with Gasteiger partial charge in [0.2, 0.25) is 0 Å². The summed E-state index contributed by atoms with van der Waals surface area (Å²) in [5.41, 5.74) is 4.09. The molecule has 9 heteroatoms. The Kier molecular flexibility index (Phi) is 6.59. The van der Waals surface area contributed by atoms with Gasteiger partial charge in [-0.15, -0.1) is 0 Å². The summed E-state index contributed by atoms with van der Waals surface area (Å²) < 4.78 is 42.1. The lowest BCUT2D eigenvalue weighted by Crippen LogP contribution is -2.15. The van der Waals surface area contributed by atoms with E-state index in [1.807, 2.05) is 32.0 Å². The van der Waals surface area contributed by atoms with E-state index < -0.39 is 17.6 Å². The van der Waals surface area contributed by atoms with Crippen molar-refractivity contribution in [2.24, 2.45) is 0 Å². The van der Waals surface area contributed by atoms with E-state index in [0.717, 1.165) is 34.6 Å². The summed E-state index contributed by atoms with van der Waals surface area (Å²) >= 11 is 0. The van der Waals surface area contributed by atoms with Gasteiger partial charge in [-0.3, -0.25) is 9.78 Å². The van der Waals surface area contributed by atoms with Crippen LogP contribution in [-0.4, -0.2) is 20.4 Å². The minimum absolute atomic E-state index is 0.0405. The monoisotopic (exact) mass is 479 g/mol. The highest BCUT2D eigenvalue weighted by atomic mass is 19.4. The zero-order valence-corrected chi connectivity index (χ0v) is 19.4. The smallest absolute Gasteiger partial charge is 0.381 e. The average Bonchev–Trinajstić information content (AvgIpc) is 3.24. The minimum atomic E-state index is -4.57. The van der Waals surface area contributed by atoms with E-state index in [1.54, 1.807) is 31.5 Å². The lowest BCUT2D eigenvalue weighted by atomic mass is 10.0. The molecule has 0 bridgehead atoms. The van der Waals surface area contributed by atoms with Crippen LogP contribution in [-0.2, 0) is 12.7 Å². The molecule has 4 aromatic rings. The Morgan fingerprint density at radius 1 is 0.943 bits per heavy atom. The van der Waals surface area contributed by atoms with Gasteiger partial charge in [-0.25, -0.2) is 4.98 Å². The highest BCUT2D eigenvalue weighted by Crippen LogP contribution is 2.33. The second-order valence-corrected chi connectivity index (χ2v) is 8.32. The third-order valence-electron chi connectivity index (χ3n) is 5.50. The molecule has 0 spiro atoms. The van der Waals surface area contributed by atoms with Gasteiger partial charge in [0.15, 0.2) is 0 Å². The molecule has 0 aliphatic heterocycles. The van der Waals surface area contributed by atoms with Gasteiger partial charge in [-0.05, 0) is 74.4 Å². The number of aryl methyl sites for hydroxylation is 3. The van der Waals surface area contributed by atoms with E-state index in [2.05, 4.69) is 20.6 Å². The Bertz CT molecular complexity index is 1380. The molecule has 2 heterocycles. The fourth-order valence-electron chi connectivity index (χ4n) is 3.62. The van der Waals surface area contributed by atoms with Gasteiger partial charge in [-0.2, -0.15) is 13.2 Å². The van der Waals surface area contributed by atoms with Crippen LogP contribution in [0.2, 0.25) is 0 Å². The molecule has 35 heavy (non-hydrogen) atoms. The lowest BCUT2D eigenvalue weighted by molar-refractivity contribution is -0.137. The van der Waals surface area contributed by atoms with E-state index in [1.165, 1.54) is 17.0 Å². The Labute approximate surface area is 200 Å². The normalized spacial score (nSPS) is 11.4. The largest absolute Gasteiger partial charge is 0.416 e. The summed E-state index contributed by atoms with van der Waals surface area (Å²) in [4.78, 5) is 21.2. The maximum Gasteiger partial charge on any atom is 0.416 e. The van der Waals surface area contributed by atoms with Crippen LogP contribution in [0.5, 0.6) is 0 Å². The SMILES string of the molecule is Cc1cc(NCc2cc(C(=O)Nc3cc(-n4cnc(C)c4)cc(C(F)(F)F)c3)ccc2C)ccn1. The van der Waals surface area contributed by atoms with Crippen molar-refractivity contribution in [3.05, 3.63) is 101 Å². The van der Waals surface area contributed by atoms with E-state index >= 15 is 0 Å². The van der Waals surface area contributed by atoms with E-state index in [0.29, 0.717) is 17.8 Å². The molecule has 0 saturated heterocycles. The Morgan fingerprint density at radius 2 is 1.74 bits per heavy atom. The summed E-state index contributed by atoms with van der Waals surface area (Å²) in [7, 11) is 0. The third-order valence-corrected chi connectivity index (χ3v) is 5.50. The summed E-state index contributed by atoms with van der Waals surface area (Å²) in [6, 6.07) is 12.4. The number of nitrogens with one attached hydrogen (secondary N) is 2. The van der Waals surface area contributed by atoms with Gasteiger partial charge in [0, 0.05) is 47.3 Å². The Hall–Kier alpha value is -4.14. The van der Waals surface area contributed by atoms with Crippen LogP contribution in [0.4, 0.5) is 24.5 Å². The number of benzene rings is 2. The number of hydrogen-bond acceptors (Lipinski definition) is 4. The van der Waals surface area contributed by atoms with Crippen molar-refractivity contribution < 1.29 is 18.0 Å². The standard InChI is InChI=1S/C26H24F3N5O/c1-16-4-5-19(9-20(16)13-31-22-6-7-30-17(2)8-22)25(35)33-23-10-21(26(27,28)29)11-24(12-23)34-14-18(3)32-15-34/h4-12,14-15H,13H2,1-3H3,(H,30,31)(H,33,35). The molecule has 2 aromatic carbocycles. The number of anilines is 2. The number of pyridine rings is 1. The van der Waals surface area contributed by atoms with Crippen LogP contribution in [0.25, 0.3) is 5.69 Å². The van der Waals surface area contributed by atoms with Gasteiger partial charge in [0.25, 0.3) is 5.91 Å². The van der Waals surface area contributed by atoms with E-state index in [-0.39, 0.29) is 11.4 Å². The van der Waals surface area contributed by atoms with Crippen LogP contribution >= 0.6 is 0 Å². The van der Waals surface area contributed by atoms with E-state index in [4.69, 9.17) is 0 Å². The number of halogens is 3. The maximum absolute atomic E-state index is 13.5. The molecule has 6 nitrogen and oxygen atoms in total. The van der Waals surface area contributed by atoms with Gasteiger partial charge in [-0.1, -0.05) is 6.07 Å². The number of rotatable bonds is 6. The zero-order valence-electron chi connectivity index (χ0n) is 19.4. The van der Waals surface area contributed by atoms with Gasteiger partial charge < -0.3 is 15.2 Å². The number of hydrogen-bond donors (Lipinski definition) is 2. The molecular formula is C26H24F3N5O. The number of imidazole rings is 1. The average molecular weight is 480 g/mol. The summed E-state index contributed by atoms with van der Waals surface area (Å²) in [5.74, 6) is -0.502. The number of alkyl halides is 3. The fraction of sp³-hybridized carbons (Fsp3) is 0.192. The quantitative estimate of drug-likeness (QED) is 0.352. The number of carbonyl (C=O) groups is 1. The van der Waals surface area contributed by atoms with Gasteiger partial charge in [0.1, 0.15) is 0 Å². The second-order valence-electron chi connectivity index (χ2n) is 8.32. The zero-order chi connectivity index (χ0) is 25.2. The molecule has 1 amide bonds. The third kappa shape index (κ3) is 5.87. The molecule has 0 aliphatic rings. The Morgan fingerprint density at radius 3 is 2.43 bits per heavy atom. The van der Waals surface area contributed by atoms with Crippen LogP contribution in [0.1, 0.15) is 38.4 Å². The van der Waals surface area contributed by atoms with Crippen molar-refractivity contribution in [3.8, 4) is 5.69 Å². The lowest BCUT2D eigenvalue weighted by Gasteiger charge is -2.14. The van der Waals surface area contributed by atoms with Crippen LogP contribution in [0.3, 0.4) is 0 Å². The molecule has 2 N–H and O–H groups in total. The van der Waals surface area contributed by atoms with Gasteiger partial charge in [0.05, 0.1) is 17.6 Å². The first kappa shape index (κ1) is 24.0. The molecule has 0 atom stereocenters. The molecule has 4 rings (SSSR count). The predicted octanol–water partition coefficient (Wildman–Crippen LogP) is 6.08. The fourth-order valence-corrected chi connectivity index (χ4v) is 3.62. The van der Waals surface area contributed by atoms with Crippen LogP contribution < -0.4 is 10.6 Å². The highest BCUT2D eigenvalue weighted by molar-refractivity contribution is 6.04. The summed E-state index contributed by atoms with van der Waals surface area (Å²) in [6.07, 6.45) is 0.187. The number of nitrogens with zero attached hydrogens (tertiary/aromatic N) is 3. The first-order valence-corrected chi connectivity index (χ1v) is 10.9. The first-order chi connectivity index (χ1) is 16.6. The number of carbonyl (C=O) groups excluding carboxylic acids is 1. The van der Waals surface area contributed by atoms with Crippen LogP contribution in [0, 0.1) is 20.8 Å². The molecular weight excluding hydrogens is 455 g/mol.